The van der Waals surface area contributed by atoms with E-state index in [0.29, 0.717) is 7.11 Å². The van der Waals surface area contributed by atoms with E-state index in [1.165, 1.54) is 0 Å². The van der Waals surface area contributed by atoms with Crippen molar-refractivity contribution in [3.8, 4) is 0 Å². The van der Waals surface area contributed by atoms with Gasteiger partial charge in [-0.05, 0) is 6.92 Å². The summed E-state index contributed by atoms with van der Waals surface area (Å²) in [5.41, 5.74) is -2.03. The molecule has 0 aromatic heterocycles. The van der Waals surface area contributed by atoms with Gasteiger partial charge in [-0.3, -0.25) is 4.79 Å². The van der Waals surface area contributed by atoms with Crippen molar-refractivity contribution in [2.24, 2.45) is 0 Å². The molecule has 0 amide bonds. The van der Waals surface area contributed by atoms with Gasteiger partial charge in [-0.2, -0.15) is 17.6 Å². The average molecular weight is 260 g/mol. The van der Waals surface area contributed by atoms with Gasteiger partial charge >= 0.3 is 12.1 Å². The maximum absolute atomic E-state index is 13.0. The van der Waals surface area contributed by atoms with Gasteiger partial charge in [0.15, 0.2) is 10.7 Å². The summed E-state index contributed by atoms with van der Waals surface area (Å²) in [5.74, 6) is -2.81. The predicted molar refractivity (Wildman–Crippen MR) is 49.3 cm³/mol. The number of rotatable bonds is 4. The second-order valence-corrected chi connectivity index (χ2v) is 3.56. The summed E-state index contributed by atoms with van der Waals surface area (Å²) in [6.07, 6.45) is -5.15. The quantitative estimate of drug-likeness (QED) is 0.441. The van der Waals surface area contributed by atoms with Gasteiger partial charge in [0.05, 0.1) is 12.9 Å². The molecule has 0 spiro atoms. The number of halogens is 4. The normalized spacial score (nSPS) is 13.1. The first-order valence-corrected chi connectivity index (χ1v) is 4.86. The standard InChI is InChI=1S/C8H8F4O3S/c1-4(13)3-16-6(9)5(7(14)15-2)8(10,11)12/h3H2,1-2H3/b6-5-. The van der Waals surface area contributed by atoms with E-state index in [4.69, 9.17) is 0 Å². The molecule has 0 bridgehead atoms. The molecule has 0 aliphatic carbocycles. The molecule has 16 heavy (non-hydrogen) atoms. The zero-order chi connectivity index (χ0) is 12.9. The molecule has 0 rings (SSSR count). The van der Waals surface area contributed by atoms with E-state index >= 15 is 0 Å². The van der Waals surface area contributed by atoms with E-state index in [2.05, 4.69) is 4.74 Å². The molecule has 0 atom stereocenters. The maximum Gasteiger partial charge on any atom is 0.426 e. The van der Waals surface area contributed by atoms with Gasteiger partial charge in [0.2, 0.25) is 0 Å². The zero-order valence-corrected chi connectivity index (χ0v) is 9.17. The van der Waals surface area contributed by atoms with Crippen molar-refractivity contribution in [1.29, 1.82) is 0 Å². The van der Waals surface area contributed by atoms with Crippen LogP contribution >= 0.6 is 11.8 Å². The van der Waals surface area contributed by atoms with Crippen LogP contribution in [0.15, 0.2) is 10.7 Å². The lowest BCUT2D eigenvalue weighted by atomic mass is 10.3. The second-order valence-electron chi connectivity index (χ2n) is 2.63. The lowest BCUT2D eigenvalue weighted by Gasteiger charge is -2.10. The Kier molecular flexibility index (Phi) is 5.49. The van der Waals surface area contributed by atoms with Crippen LogP contribution in [0.2, 0.25) is 0 Å². The fourth-order valence-corrected chi connectivity index (χ4v) is 1.32. The highest BCUT2D eigenvalue weighted by atomic mass is 32.2. The number of alkyl halides is 3. The Bertz CT molecular complexity index is 322. The molecule has 0 fully saturated rings. The van der Waals surface area contributed by atoms with Crippen LogP contribution in [0, 0.1) is 0 Å². The largest absolute Gasteiger partial charge is 0.465 e. The van der Waals surface area contributed by atoms with Gasteiger partial charge in [0, 0.05) is 0 Å². The van der Waals surface area contributed by atoms with Crippen LogP contribution in [0.5, 0.6) is 0 Å². The van der Waals surface area contributed by atoms with Crippen LogP contribution in [0.4, 0.5) is 17.6 Å². The van der Waals surface area contributed by atoms with Gasteiger partial charge in [-0.25, -0.2) is 4.79 Å². The summed E-state index contributed by atoms with van der Waals surface area (Å²) in [6, 6.07) is 0. The lowest BCUT2D eigenvalue weighted by molar-refractivity contribution is -0.148. The number of Topliss-reactive ketones (excluding diaryl/α,β-unsaturated/α-hetero) is 1. The summed E-state index contributed by atoms with van der Waals surface area (Å²) in [6.45, 7) is 1.09. The van der Waals surface area contributed by atoms with Crippen molar-refractivity contribution in [2.45, 2.75) is 13.1 Å². The van der Waals surface area contributed by atoms with Crippen molar-refractivity contribution in [3.63, 3.8) is 0 Å². The van der Waals surface area contributed by atoms with Crippen LogP contribution in [-0.2, 0) is 14.3 Å². The molecule has 0 unspecified atom stereocenters. The number of esters is 1. The third kappa shape index (κ3) is 4.65. The van der Waals surface area contributed by atoms with Gasteiger partial charge in [0.1, 0.15) is 5.78 Å². The Balaban J connectivity index is 5.06. The Hall–Kier alpha value is -1.05. The molecule has 0 saturated heterocycles. The minimum Gasteiger partial charge on any atom is -0.465 e. The number of thioether (sulfide) groups is 1. The molecule has 92 valence electrons. The number of hydrogen-bond donors (Lipinski definition) is 0. The third-order valence-corrected chi connectivity index (χ3v) is 2.28. The van der Waals surface area contributed by atoms with Crippen molar-refractivity contribution < 1.29 is 31.9 Å². The molecule has 0 radical (unpaired) electrons. The van der Waals surface area contributed by atoms with Crippen LogP contribution in [-0.4, -0.2) is 30.8 Å². The first-order valence-electron chi connectivity index (χ1n) is 3.87. The van der Waals surface area contributed by atoms with E-state index < -0.39 is 34.4 Å². The molecule has 0 aliphatic rings. The van der Waals surface area contributed by atoms with Crippen molar-refractivity contribution in [2.75, 3.05) is 12.9 Å². The van der Waals surface area contributed by atoms with Crippen molar-refractivity contribution >= 4 is 23.5 Å². The number of hydrogen-bond acceptors (Lipinski definition) is 4. The summed E-state index contributed by atoms with van der Waals surface area (Å²) in [5, 5.41) is -1.77. The van der Waals surface area contributed by atoms with Crippen LogP contribution in [0.25, 0.3) is 0 Å². The molecular formula is C8H8F4O3S. The lowest BCUT2D eigenvalue weighted by Crippen LogP contribution is -2.22. The van der Waals surface area contributed by atoms with Gasteiger partial charge in [-0.15, -0.1) is 0 Å². The topological polar surface area (TPSA) is 43.4 Å². The zero-order valence-electron chi connectivity index (χ0n) is 8.35. The van der Waals surface area contributed by atoms with E-state index in [-0.39, 0.29) is 11.8 Å². The molecule has 0 aromatic carbocycles. The highest BCUT2D eigenvalue weighted by Gasteiger charge is 2.43. The molecule has 8 heteroatoms. The second kappa shape index (κ2) is 5.88. The Morgan fingerprint density at radius 1 is 1.31 bits per heavy atom. The number of methoxy groups -OCH3 is 1. The Labute approximate surface area is 92.8 Å². The van der Waals surface area contributed by atoms with Crippen LogP contribution in [0.3, 0.4) is 0 Å². The Morgan fingerprint density at radius 3 is 2.12 bits per heavy atom. The maximum atomic E-state index is 13.0. The van der Waals surface area contributed by atoms with Crippen molar-refractivity contribution in [3.05, 3.63) is 10.7 Å². The minimum absolute atomic E-state index is 0.00576. The van der Waals surface area contributed by atoms with Gasteiger partial charge in [-0.1, -0.05) is 11.8 Å². The smallest absolute Gasteiger partial charge is 0.426 e. The molecule has 0 saturated carbocycles. The molecule has 3 nitrogen and oxygen atoms in total. The molecule has 0 aromatic rings. The fourth-order valence-electron chi connectivity index (χ4n) is 0.647. The summed E-state index contributed by atoms with van der Waals surface area (Å²) < 4.78 is 53.5. The SMILES string of the molecule is COC(=O)/C(=C(\F)SCC(C)=O)C(F)(F)F. The van der Waals surface area contributed by atoms with E-state index in [0.717, 1.165) is 6.92 Å². The molecule has 0 aliphatic heterocycles. The summed E-state index contributed by atoms with van der Waals surface area (Å²) >= 11 is 0.00576. The van der Waals surface area contributed by atoms with E-state index in [1.807, 2.05) is 0 Å². The molecule has 0 heterocycles. The monoisotopic (exact) mass is 260 g/mol. The summed E-state index contributed by atoms with van der Waals surface area (Å²) in [7, 11) is 0.705. The first-order chi connectivity index (χ1) is 7.20. The van der Waals surface area contributed by atoms with Crippen LogP contribution in [0.1, 0.15) is 6.92 Å². The highest BCUT2D eigenvalue weighted by molar-refractivity contribution is 8.03. The van der Waals surface area contributed by atoms with Crippen LogP contribution < -0.4 is 0 Å². The van der Waals surface area contributed by atoms with Crippen molar-refractivity contribution in [1.82, 2.24) is 0 Å². The molecule has 0 N–H and O–H groups in total. The van der Waals surface area contributed by atoms with E-state index in [1.54, 1.807) is 0 Å². The number of carbonyl (C=O) groups excluding carboxylic acids is 2. The number of carbonyl (C=O) groups is 2. The van der Waals surface area contributed by atoms with Gasteiger partial charge < -0.3 is 4.74 Å². The van der Waals surface area contributed by atoms with E-state index in [9.17, 15) is 27.2 Å². The Morgan fingerprint density at radius 2 is 1.81 bits per heavy atom. The number of ether oxygens (including phenoxy) is 1. The highest BCUT2D eigenvalue weighted by Crippen LogP contribution is 2.34. The first kappa shape index (κ1) is 14.9. The molecular weight excluding hydrogens is 252 g/mol. The third-order valence-electron chi connectivity index (χ3n) is 1.27. The summed E-state index contributed by atoms with van der Waals surface area (Å²) in [4.78, 5) is 21.2. The average Bonchev–Trinajstić information content (AvgIpc) is 2.12. The minimum atomic E-state index is -5.15. The van der Waals surface area contributed by atoms with Gasteiger partial charge in [0.25, 0.3) is 0 Å². The fraction of sp³-hybridized carbons (Fsp3) is 0.500. The predicted octanol–water partition coefficient (Wildman–Crippen LogP) is 2.23. The number of ketones is 1.